The molecule has 1 unspecified atom stereocenters. The topological polar surface area (TPSA) is 0 Å². The van der Waals surface area contributed by atoms with Gasteiger partial charge in [-0.25, -0.2) is 4.39 Å². The van der Waals surface area contributed by atoms with Crippen LogP contribution in [-0.4, -0.2) is 0 Å². The van der Waals surface area contributed by atoms with Gasteiger partial charge in [0.25, 0.3) is 0 Å². The Hall–Kier alpha value is -1.15. The molecule has 0 amide bonds. The smallest absolute Gasteiger partial charge is 0.127 e. The zero-order valence-electron chi connectivity index (χ0n) is 10.6. The lowest BCUT2D eigenvalue weighted by Crippen LogP contribution is -1.99. The molecule has 0 bridgehead atoms. The largest absolute Gasteiger partial charge is 0.207 e. The van der Waals surface area contributed by atoms with E-state index in [9.17, 15) is 4.39 Å². The quantitative estimate of drug-likeness (QED) is 0.690. The minimum absolute atomic E-state index is 0.0140. The number of hydrogen-bond donors (Lipinski definition) is 0. The van der Waals surface area contributed by atoms with Crippen molar-refractivity contribution < 1.29 is 4.39 Å². The Bertz CT molecular complexity index is 531. The second-order valence-electron chi connectivity index (χ2n) is 4.68. The van der Waals surface area contributed by atoms with Gasteiger partial charge in [-0.2, -0.15) is 0 Å². The third-order valence-electron chi connectivity index (χ3n) is 3.02. The molecule has 0 aromatic heterocycles. The van der Waals surface area contributed by atoms with Gasteiger partial charge in [0.15, 0.2) is 0 Å². The van der Waals surface area contributed by atoms with Crippen molar-refractivity contribution in [3.8, 4) is 0 Å². The molecule has 0 heterocycles. The summed E-state index contributed by atoms with van der Waals surface area (Å²) in [6.07, 6.45) is 0.792. The predicted octanol–water partition coefficient (Wildman–Crippen LogP) is 5.12. The first kappa shape index (κ1) is 13.3. The molecular weight excluding hydrogens is 291 g/mol. The number of alkyl halides is 1. The molecular formula is C16H16BrF. The molecule has 2 heteroatoms. The average molecular weight is 307 g/mol. The van der Waals surface area contributed by atoms with Crippen LogP contribution < -0.4 is 0 Å². The van der Waals surface area contributed by atoms with E-state index in [0.717, 1.165) is 17.5 Å². The second kappa shape index (κ2) is 5.66. The summed E-state index contributed by atoms with van der Waals surface area (Å²) in [7, 11) is 0. The van der Waals surface area contributed by atoms with E-state index < -0.39 is 0 Å². The van der Waals surface area contributed by atoms with Gasteiger partial charge in [0.05, 0.1) is 0 Å². The van der Waals surface area contributed by atoms with Crippen molar-refractivity contribution in [3.05, 3.63) is 70.5 Å². The van der Waals surface area contributed by atoms with Crippen LogP contribution in [0.15, 0.2) is 42.5 Å². The van der Waals surface area contributed by atoms with Crippen LogP contribution in [0.1, 0.15) is 27.1 Å². The Kier molecular flexibility index (Phi) is 4.18. The average Bonchev–Trinajstić information content (AvgIpc) is 2.35. The van der Waals surface area contributed by atoms with Crippen LogP contribution in [-0.2, 0) is 6.42 Å². The number of rotatable bonds is 3. The number of aryl methyl sites for hydroxylation is 2. The van der Waals surface area contributed by atoms with Crippen LogP contribution in [0.5, 0.6) is 0 Å². The van der Waals surface area contributed by atoms with Crippen LogP contribution in [0, 0.1) is 19.7 Å². The molecule has 0 spiro atoms. The summed E-state index contributed by atoms with van der Waals surface area (Å²) in [5.41, 5.74) is 4.27. The molecule has 0 fully saturated rings. The highest BCUT2D eigenvalue weighted by atomic mass is 79.9. The minimum Gasteiger partial charge on any atom is -0.207 e. The summed E-state index contributed by atoms with van der Waals surface area (Å²) in [4.78, 5) is 0.0140. The molecule has 0 N–H and O–H groups in total. The Balaban J connectivity index is 2.18. The fraction of sp³-hybridized carbons (Fsp3) is 0.250. The lowest BCUT2D eigenvalue weighted by atomic mass is 10.0. The van der Waals surface area contributed by atoms with Gasteiger partial charge in [0, 0.05) is 10.4 Å². The minimum atomic E-state index is -0.144. The van der Waals surface area contributed by atoms with Gasteiger partial charge in [-0.05, 0) is 31.9 Å². The van der Waals surface area contributed by atoms with E-state index in [0.29, 0.717) is 0 Å². The van der Waals surface area contributed by atoms with Gasteiger partial charge < -0.3 is 0 Å². The normalized spacial score (nSPS) is 12.4. The monoisotopic (exact) mass is 306 g/mol. The van der Waals surface area contributed by atoms with Crippen LogP contribution in [0.25, 0.3) is 0 Å². The van der Waals surface area contributed by atoms with Crippen LogP contribution in [0.2, 0.25) is 0 Å². The van der Waals surface area contributed by atoms with Crippen LogP contribution >= 0.6 is 15.9 Å². The van der Waals surface area contributed by atoms with Crippen LogP contribution in [0.3, 0.4) is 0 Å². The number of benzene rings is 2. The summed E-state index contributed by atoms with van der Waals surface area (Å²) in [6, 6.07) is 13.6. The summed E-state index contributed by atoms with van der Waals surface area (Å²) in [5.74, 6) is -0.144. The zero-order chi connectivity index (χ0) is 13.1. The molecule has 94 valence electrons. The SMILES string of the molecule is Cc1ccc(CC(Br)c2cc(C)ccc2F)cc1. The molecule has 0 aliphatic carbocycles. The molecule has 18 heavy (non-hydrogen) atoms. The molecule has 2 aromatic rings. The maximum Gasteiger partial charge on any atom is 0.127 e. The molecule has 0 aliphatic rings. The maximum absolute atomic E-state index is 13.8. The Labute approximate surface area is 116 Å². The molecule has 2 aromatic carbocycles. The van der Waals surface area contributed by atoms with Gasteiger partial charge in [0.1, 0.15) is 5.82 Å². The van der Waals surface area contributed by atoms with Crippen molar-refractivity contribution in [1.82, 2.24) is 0 Å². The molecule has 0 nitrogen and oxygen atoms in total. The van der Waals surface area contributed by atoms with Gasteiger partial charge in [-0.1, -0.05) is 63.5 Å². The van der Waals surface area contributed by atoms with E-state index in [4.69, 9.17) is 0 Å². The molecule has 0 saturated carbocycles. The Morgan fingerprint density at radius 3 is 2.28 bits per heavy atom. The van der Waals surface area contributed by atoms with Gasteiger partial charge >= 0.3 is 0 Å². The molecule has 1 atom stereocenters. The number of hydrogen-bond acceptors (Lipinski definition) is 0. The molecule has 0 radical (unpaired) electrons. The third-order valence-corrected chi connectivity index (χ3v) is 3.84. The summed E-state index contributed by atoms with van der Waals surface area (Å²) >= 11 is 3.59. The van der Waals surface area contributed by atoms with E-state index in [1.54, 1.807) is 6.07 Å². The van der Waals surface area contributed by atoms with Crippen molar-refractivity contribution >= 4 is 15.9 Å². The molecule has 0 aliphatic heterocycles. The first-order valence-corrected chi connectivity index (χ1v) is 6.93. The van der Waals surface area contributed by atoms with E-state index in [1.165, 1.54) is 17.2 Å². The summed E-state index contributed by atoms with van der Waals surface area (Å²) in [5, 5.41) is 0. The van der Waals surface area contributed by atoms with E-state index in [-0.39, 0.29) is 10.6 Å². The van der Waals surface area contributed by atoms with Crippen molar-refractivity contribution in [1.29, 1.82) is 0 Å². The second-order valence-corrected chi connectivity index (χ2v) is 5.79. The van der Waals surface area contributed by atoms with Gasteiger partial charge in [-0.3, -0.25) is 0 Å². The van der Waals surface area contributed by atoms with Crippen molar-refractivity contribution in [3.63, 3.8) is 0 Å². The van der Waals surface area contributed by atoms with Gasteiger partial charge in [0.2, 0.25) is 0 Å². The number of halogens is 2. The highest BCUT2D eigenvalue weighted by molar-refractivity contribution is 9.09. The lowest BCUT2D eigenvalue weighted by Gasteiger charge is -2.12. The van der Waals surface area contributed by atoms with Crippen molar-refractivity contribution in [2.45, 2.75) is 25.1 Å². The fourth-order valence-corrected chi connectivity index (χ4v) is 2.67. The maximum atomic E-state index is 13.8. The van der Waals surface area contributed by atoms with Gasteiger partial charge in [-0.15, -0.1) is 0 Å². The fourth-order valence-electron chi connectivity index (χ4n) is 1.94. The van der Waals surface area contributed by atoms with Crippen molar-refractivity contribution in [2.24, 2.45) is 0 Å². The molecule has 2 rings (SSSR count). The lowest BCUT2D eigenvalue weighted by molar-refractivity contribution is 0.607. The first-order valence-electron chi connectivity index (χ1n) is 6.02. The van der Waals surface area contributed by atoms with E-state index >= 15 is 0 Å². The van der Waals surface area contributed by atoms with Crippen LogP contribution in [0.4, 0.5) is 4.39 Å². The van der Waals surface area contributed by atoms with Crippen molar-refractivity contribution in [2.75, 3.05) is 0 Å². The summed E-state index contributed by atoms with van der Waals surface area (Å²) < 4.78 is 13.8. The molecule has 0 saturated heterocycles. The Morgan fingerprint density at radius 2 is 1.61 bits per heavy atom. The highest BCUT2D eigenvalue weighted by Gasteiger charge is 2.13. The summed E-state index contributed by atoms with van der Waals surface area (Å²) in [6.45, 7) is 4.05. The van der Waals surface area contributed by atoms with E-state index in [1.807, 2.05) is 13.0 Å². The standard InChI is InChI=1S/C16H16BrF/c1-11-3-6-13(7-4-11)10-15(17)14-9-12(2)5-8-16(14)18/h3-9,15H,10H2,1-2H3. The van der Waals surface area contributed by atoms with E-state index in [2.05, 4.69) is 47.1 Å². The highest BCUT2D eigenvalue weighted by Crippen LogP contribution is 2.29. The predicted molar refractivity (Wildman–Crippen MR) is 77.7 cm³/mol. The zero-order valence-corrected chi connectivity index (χ0v) is 12.2. The third kappa shape index (κ3) is 3.20. The first-order chi connectivity index (χ1) is 8.56. The Morgan fingerprint density at radius 1 is 1.00 bits per heavy atom.